The van der Waals surface area contributed by atoms with Crippen molar-refractivity contribution >= 4 is 0 Å². The molecule has 0 aromatic heterocycles. The predicted molar refractivity (Wildman–Crippen MR) is 69.0 cm³/mol. The molecule has 1 aliphatic rings. The summed E-state index contributed by atoms with van der Waals surface area (Å²) < 4.78 is 5.37. The third-order valence-electron chi connectivity index (χ3n) is 3.50. The fourth-order valence-corrected chi connectivity index (χ4v) is 2.49. The quantitative estimate of drug-likeness (QED) is 0.852. The third-order valence-corrected chi connectivity index (χ3v) is 3.50. The van der Waals surface area contributed by atoms with Gasteiger partial charge in [-0.3, -0.25) is 0 Å². The third kappa shape index (κ3) is 2.70. The minimum Gasteiger partial charge on any atom is -0.388 e. The molecule has 2 heteroatoms. The SMILES string of the molecule is CC(C)(C)c1ccccc1C(O)C1CCOC1. The Morgan fingerprint density at radius 3 is 2.59 bits per heavy atom. The number of ether oxygens (including phenoxy) is 1. The number of aliphatic hydroxyl groups is 1. The fourth-order valence-electron chi connectivity index (χ4n) is 2.49. The number of rotatable bonds is 2. The molecule has 2 atom stereocenters. The summed E-state index contributed by atoms with van der Waals surface area (Å²) in [6.07, 6.45) is 0.563. The Bertz CT molecular complexity index is 373. The molecule has 1 aromatic rings. The van der Waals surface area contributed by atoms with Crippen LogP contribution in [0.15, 0.2) is 24.3 Å². The Morgan fingerprint density at radius 1 is 1.29 bits per heavy atom. The lowest BCUT2D eigenvalue weighted by Gasteiger charge is -2.27. The lowest BCUT2D eigenvalue weighted by atomic mass is 9.80. The van der Waals surface area contributed by atoms with Crippen molar-refractivity contribution in [2.45, 2.75) is 38.7 Å². The van der Waals surface area contributed by atoms with Gasteiger partial charge in [0.05, 0.1) is 12.7 Å². The van der Waals surface area contributed by atoms with Crippen LogP contribution in [0.2, 0.25) is 0 Å². The van der Waals surface area contributed by atoms with E-state index in [9.17, 15) is 5.11 Å². The van der Waals surface area contributed by atoms with Gasteiger partial charge in [-0.2, -0.15) is 0 Å². The molecule has 2 nitrogen and oxygen atoms in total. The van der Waals surface area contributed by atoms with E-state index < -0.39 is 6.10 Å². The van der Waals surface area contributed by atoms with E-state index in [0.29, 0.717) is 6.61 Å². The second kappa shape index (κ2) is 4.79. The van der Waals surface area contributed by atoms with Crippen LogP contribution in [0.3, 0.4) is 0 Å². The molecule has 0 bridgehead atoms. The van der Waals surface area contributed by atoms with Crippen molar-refractivity contribution in [3.63, 3.8) is 0 Å². The van der Waals surface area contributed by atoms with Gasteiger partial charge in [0.25, 0.3) is 0 Å². The van der Waals surface area contributed by atoms with Gasteiger partial charge < -0.3 is 9.84 Å². The highest BCUT2D eigenvalue weighted by Gasteiger charge is 2.29. The molecular formula is C15H22O2. The number of benzene rings is 1. The summed E-state index contributed by atoms with van der Waals surface area (Å²) in [5.41, 5.74) is 2.37. The van der Waals surface area contributed by atoms with Crippen LogP contribution in [0.25, 0.3) is 0 Å². The average molecular weight is 234 g/mol. The van der Waals surface area contributed by atoms with E-state index in [4.69, 9.17) is 4.74 Å². The zero-order valence-corrected chi connectivity index (χ0v) is 10.9. The van der Waals surface area contributed by atoms with Gasteiger partial charge in [-0.25, -0.2) is 0 Å². The lowest BCUT2D eigenvalue weighted by Crippen LogP contribution is -2.20. The Labute approximate surface area is 104 Å². The van der Waals surface area contributed by atoms with Crippen LogP contribution in [0.5, 0.6) is 0 Å². The van der Waals surface area contributed by atoms with Crippen molar-refractivity contribution in [3.8, 4) is 0 Å². The maximum atomic E-state index is 10.5. The van der Waals surface area contributed by atoms with Gasteiger partial charge in [0.15, 0.2) is 0 Å². The van der Waals surface area contributed by atoms with Gasteiger partial charge in [0.1, 0.15) is 0 Å². The molecule has 0 saturated carbocycles. The van der Waals surface area contributed by atoms with E-state index in [-0.39, 0.29) is 11.3 Å². The Morgan fingerprint density at radius 2 is 2.00 bits per heavy atom. The molecule has 94 valence electrons. The molecule has 0 aliphatic carbocycles. The van der Waals surface area contributed by atoms with Crippen LogP contribution in [-0.2, 0) is 10.2 Å². The zero-order chi connectivity index (χ0) is 12.5. The van der Waals surface area contributed by atoms with Crippen LogP contribution < -0.4 is 0 Å². The van der Waals surface area contributed by atoms with E-state index in [1.165, 1.54) is 5.56 Å². The first-order valence-corrected chi connectivity index (χ1v) is 6.35. The van der Waals surface area contributed by atoms with Gasteiger partial charge >= 0.3 is 0 Å². The summed E-state index contributed by atoms with van der Waals surface area (Å²) in [4.78, 5) is 0. The van der Waals surface area contributed by atoms with Crippen molar-refractivity contribution in [3.05, 3.63) is 35.4 Å². The molecule has 0 radical (unpaired) electrons. The maximum absolute atomic E-state index is 10.5. The molecule has 1 saturated heterocycles. The van der Waals surface area contributed by atoms with Gasteiger partial charge in [-0.15, -0.1) is 0 Å². The summed E-state index contributed by atoms with van der Waals surface area (Å²) in [5, 5.41) is 10.5. The van der Waals surface area contributed by atoms with E-state index in [0.717, 1.165) is 18.6 Å². The number of hydrogen-bond acceptors (Lipinski definition) is 2. The minimum atomic E-state index is -0.395. The molecule has 17 heavy (non-hydrogen) atoms. The predicted octanol–water partition coefficient (Wildman–Crippen LogP) is 3.05. The Kier molecular flexibility index (Phi) is 3.55. The first kappa shape index (κ1) is 12.6. The largest absolute Gasteiger partial charge is 0.388 e. The molecule has 1 heterocycles. The zero-order valence-electron chi connectivity index (χ0n) is 10.9. The monoisotopic (exact) mass is 234 g/mol. The molecule has 1 N–H and O–H groups in total. The van der Waals surface area contributed by atoms with Crippen molar-refractivity contribution in [2.75, 3.05) is 13.2 Å². The molecule has 2 unspecified atom stereocenters. The van der Waals surface area contributed by atoms with Crippen LogP contribution in [0, 0.1) is 5.92 Å². The topological polar surface area (TPSA) is 29.5 Å². The molecule has 1 fully saturated rings. The minimum absolute atomic E-state index is 0.0665. The second-order valence-corrected chi connectivity index (χ2v) is 5.91. The Hall–Kier alpha value is -0.860. The first-order chi connectivity index (χ1) is 8.00. The molecule has 0 spiro atoms. The summed E-state index contributed by atoms with van der Waals surface area (Å²) in [5.74, 6) is 0.249. The van der Waals surface area contributed by atoms with E-state index in [2.05, 4.69) is 26.8 Å². The fraction of sp³-hybridized carbons (Fsp3) is 0.600. The summed E-state index contributed by atoms with van der Waals surface area (Å²) >= 11 is 0. The standard InChI is InChI=1S/C15H22O2/c1-15(2,3)13-7-5-4-6-12(13)14(16)11-8-9-17-10-11/h4-7,11,14,16H,8-10H2,1-3H3. The molecule has 1 aliphatic heterocycles. The lowest BCUT2D eigenvalue weighted by molar-refractivity contribution is 0.0904. The second-order valence-electron chi connectivity index (χ2n) is 5.91. The summed E-state index contributed by atoms with van der Waals surface area (Å²) in [6.45, 7) is 8.01. The molecule has 1 aromatic carbocycles. The highest BCUT2D eigenvalue weighted by Crippen LogP contribution is 2.35. The molecular weight excluding hydrogens is 212 g/mol. The highest BCUT2D eigenvalue weighted by molar-refractivity contribution is 5.34. The van der Waals surface area contributed by atoms with Gasteiger partial charge in [-0.1, -0.05) is 45.0 Å². The van der Waals surface area contributed by atoms with Gasteiger partial charge in [0.2, 0.25) is 0 Å². The van der Waals surface area contributed by atoms with Crippen LogP contribution in [-0.4, -0.2) is 18.3 Å². The van der Waals surface area contributed by atoms with Gasteiger partial charge in [-0.05, 0) is 23.0 Å². The Balaban J connectivity index is 2.31. The normalized spacial score (nSPS) is 22.7. The van der Waals surface area contributed by atoms with Crippen molar-refractivity contribution in [2.24, 2.45) is 5.92 Å². The number of hydrogen-bond donors (Lipinski definition) is 1. The summed E-state index contributed by atoms with van der Waals surface area (Å²) in [7, 11) is 0. The molecule has 2 rings (SSSR count). The van der Waals surface area contributed by atoms with Crippen molar-refractivity contribution in [1.29, 1.82) is 0 Å². The van der Waals surface area contributed by atoms with E-state index in [1.54, 1.807) is 0 Å². The van der Waals surface area contributed by atoms with Crippen molar-refractivity contribution in [1.82, 2.24) is 0 Å². The van der Waals surface area contributed by atoms with Crippen LogP contribution in [0.1, 0.15) is 44.4 Å². The molecule has 0 amide bonds. The number of aliphatic hydroxyl groups excluding tert-OH is 1. The average Bonchev–Trinajstić information content (AvgIpc) is 2.80. The maximum Gasteiger partial charge on any atom is 0.0843 e. The first-order valence-electron chi connectivity index (χ1n) is 6.35. The van der Waals surface area contributed by atoms with Gasteiger partial charge in [0, 0.05) is 12.5 Å². The smallest absolute Gasteiger partial charge is 0.0843 e. The van der Waals surface area contributed by atoms with Crippen LogP contribution in [0.4, 0.5) is 0 Å². The van der Waals surface area contributed by atoms with Crippen molar-refractivity contribution < 1.29 is 9.84 Å². The summed E-state index contributed by atoms with van der Waals surface area (Å²) in [6, 6.07) is 8.21. The highest BCUT2D eigenvalue weighted by atomic mass is 16.5. The van der Waals surface area contributed by atoms with E-state index >= 15 is 0 Å². The van der Waals surface area contributed by atoms with E-state index in [1.807, 2.05) is 18.2 Å². The van der Waals surface area contributed by atoms with Crippen LogP contribution >= 0.6 is 0 Å².